The highest BCUT2D eigenvalue weighted by Gasteiger charge is 2.12. The van der Waals surface area contributed by atoms with E-state index in [1.54, 1.807) is 20.4 Å². The third-order valence-corrected chi connectivity index (χ3v) is 3.49. The van der Waals surface area contributed by atoms with Gasteiger partial charge in [0.25, 0.3) is 0 Å². The van der Waals surface area contributed by atoms with E-state index in [1.807, 2.05) is 18.2 Å². The molecule has 1 aromatic carbocycles. The van der Waals surface area contributed by atoms with Crippen molar-refractivity contribution in [3.8, 4) is 11.6 Å². The second-order valence-corrected chi connectivity index (χ2v) is 5.02. The number of methoxy groups -OCH3 is 2. The maximum absolute atomic E-state index is 5.44. The second kappa shape index (κ2) is 7.09. The number of benzene rings is 1. The monoisotopic (exact) mass is 286 g/mol. The highest BCUT2D eigenvalue weighted by molar-refractivity contribution is 5.39. The van der Waals surface area contributed by atoms with Crippen LogP contribution in [-0.2, 0) is 6.54 Å². The van der Waals surface area contributed by atoms with Gasteiger partial charge in [-0.1, -0.05) is 23.8 Å². The number of pyridine rings is 1. The highest BCUT2D eigenvalue weighted by atomic mass is 16.5. The van der Waals surface area contributed by atoms with E-state index in [0.717, 1.165) is 16.9 Å². The molecule has 2 rings (SSSR count). The van der Waals surface area contributed by atoms with E-state index in [1.165, 1.54) is 5.56 Å². The number of hydrogen-bond donors (Lipinski definition) is 1. The third-order valence-electron chi connectivity index (χ3n) is 3.49. The minimum Gasteiger partial charge on any atom is -0.496 e. The molecule has 1 aromatic heterocycles. The lowest BCUT2D eigenvalue weighted by atomic mass is 10.0. The van der Waals surface area contributed by atoms with Crippen LogP contribution in [0, 0.1) is 6.92 Å². The van der Waals surface area contributed by atoms with Gasteiger partial charge >= 0.3 is 0 Å². The Kier molecular flexibility index (Phi) is 5.17. The zero-order valence-electron chi connectivity index (χ0n) is 13.0. The molecule has 0 saturated heterocycles. The van der Waals surface area contributed by atoms with Crippen LogP contribution in [0.4, 0.5) is 0 Å². The predicted octanol–water partition coefficient (Wildman–Crippen LogP) is 3.26. The number of nitrogens with zero attached hydrogens (tertiary/aromatic N) is 1. The average Bonchev–Trinajstić information content (AvgIpc) is 2.52. The van der Waals surface area contributed by atoms with Gasteiger partial charge in [0, 0.05) is 29.9 Å². The molecule has 1 atom stereocenters. The SMILES string of the molecule is COc1ccc(C)cc1C(C)NCc1cccnc1OC. The first kappa shape index (κ1) is 15.3. The first-order valence-electron chi connectivity index (χ1n) is 7.01. The topological polar surface area (TPSA) is 43.4 Å². The maximum atomic E-state index is 5.44. The molecular formula is C17H22N2O2. The Morgan fingerprint density at radius 3 is 2.71 bits per heavy atom. The van der Waals surface area contributed by atoms with Crippen molar-refractivity contribution in [1.29, 1.82) is 0 Å². The van der Waals surface area contributed by atoms with Crippen molar-refractivity contribution in [2.24, 2.45) is 0 Å². The van der Waals surface area contributed by atoms with Crippen LogP contribution < -0.4 is 14.8 Å². The van der Waals surface area contributed by atoms with Gasteiger partial charge in [-0.25, -0.2) is 4.98 Å². The van der Waals surface area contributed by atoms with E-state index in [0.29, 0.717) is 12.4 Å². The lowest BCUT2D eigenvalue weighted by Crippen LogP contribution is -2.19. The van der Waals surface area contributed by atoms with Gasteiger partial charge in [0.1, 0.15) is 5.75 Å². The fraction of sp³-hybridized carbons (Fsp3) is 0.353. The quantitative estimate of drug-likeness (QED) is 0.885. The summed E-state index contributed by atoms with van der Waals surface area (Å²) in [5.74, 6) is 1.56. The number of ether oxygens (including phenoxy) is 2. The summed E-state index contributed by atoms with van der Waals surface area (Å²) in [6.07, 6.45) is 1.73. The number of hydrogen-bond acceptors (Lipinski definition) is 4. The van der Waals surface area contributed by atoms with Crippen molar-refractivity contribution in [2.75, 3.05) is 14.2 Å². The van der Waals surface area contributed by atoms with Crippen LogP contribution >= 0.6 is 0 Å². The highest BCUT2D eigenvalue weighted by Crippen LogP contribution is 2.26. The van der Waals surface area contributed by atoms with Crippen molar-refractivity contribution in [1.82, 2.24) is 10.3 Å². The van der Waals surface area contributed by atoms with Crippen molar-refractivity contribution in [3.05, 3.63) is 53.2 Å². The molecule has 1 N–H and O–H groups in total. The summed E-state index contributed by atoms with van der Waals surface area (Å²) in [6.45, 7) is 4.90. The molecule has 2 aromatic rings. The van der Waals surface area contributed by atoms with Gasteiger partial charge in [-0.2, -0.15) is 0 Å². The van der Waals surface area contributed by atoms with Crippen LogP contribution in [0.5, 0.6) is 11.6 Å². The molecule has 0 radical (unpaired) electrons. The smallest absolute Gasteiger partial charge is 0.217 e. The molecular weight excluding hydrogens is 264 g/mol. The Morgan fingerprint density at radius 2 is 2.00 bits per heavy atom. The van der Waals surface area contributed by atoms with Gasteiger partial charge in [-0.3, -0.25) is 0 Å². The van der Waals surface area contributed by atoms with Crippen LogP contribution in [0.25, 0.3) is 0 Å². The molecule has 0 saturated carbocycles. The minimum atomic E-state index is 0.171. The zero-order chi connectivity index (χ0) is 15.2. The van der Waals surface area contributed by atoms with Gasteiger partial charge in [0.05, 0.1) is 14.2 Å². The largest absolute Gasteiger partial charge is 0.496 e. The Labute approximate surface area is 126 Å². The molecule has 1 heterocycles. The first-order chi connectivity index (χ1) is 10.2. The molecule has 0 spiro atoms. The molecule has 0 bridgehead atoms. The molecule has 0 aliphatic heterocycles. The van der Waals surface area contributed by atoms with E-state index in [9.17, 15) is 0 Å². The van der Waals surface area contributed by atoms with Crippen LogP contribution in [0.15, 0.2) is 36.5 Å². The molecule has 1 unspecified atom stereocenters. The summed E-state index contributed by atoms with van der Waals surface area (Å²) >= 11 is 0. The lowest BCUT2D eigenvalue weighted by molar-refractivity contribution is 0.386. The van der Waals surface area contributed by atoms with Gasteiger partial charge in [0.2, 0.25) is 5.88 Å². The Bertz CT molecular complexity index is 599. The van der Waals surface area contributed by atoms with Crippen LogP contribution in [-0.4, -0.2) is 19.2 Å². The van der Waals surface area contributed by atoms with E-state index in [-0.39, 0.29) is 6.04 Å². The third kappa shape index (κ3) is 3.73. The van der Waals surface area contributed by atoms with E-state index >= 15 is 0 Å². The number of nitrogens with one attached hydrogen (secondary N) is 1. The van der Waals surface area contributed by atoms with Crippen molar-refractivity contribution >= 4 is 0 Å². The molecule has 0 amide bonds. The number of rotatable bonds is 6. The summed E-state index contributed by atoms with van der Waals surface area (Å²) in [6, 6.07) is 10.3. The number of aryl methyl sites for hydroxylation is 1. The van der Waals surface area contributed by atoms with E-state index in [2.05, 4.69) is 36.3 Å². The summed E-state index contributed by atoms with van der Waals surface area (Å²) in [7, 11) is 3.34. The van der Waals surface area contributed by atoms with Gasteiger partial charge < -0.3 is 14.8 Å². The van der Waals surface area contributed by atoms with Crippen molar-refractivity contribution < 1.29 is 9.47 Å². The Hall–Kier alpha value is -2.07. The van der Waals surface area contributed by atoms with Gasteiger partial charge in [-0.15, -0.1) is 0 Å². The fourth-order valence-corrected chi connectivity index (χ4v) is 2.31. The second-order valence-electron chi connectivity index (χ2n) is 5.02. The summed E-state index contributed by atoms with van der Waals surface area (Å²) in [4.78, 5) is 4.21. The summed E-state index contributed by atoms with van der Waals surface area (Å²) < 4.78 is 10.7. The molecule has 4 heteroatoms. The minimum absolute atomic E-state index is 0.171. The normalized spacial score (nSPS) is 12.0. The Balaban J connectivity index is 2.11. The first-order valence-corrected chi connectivity index (χ1v) is 7.01. The van der Waals surface area contributed by atoms with Crippen molar-refractivity contribution in [3.63, 3.8) is 0 Å². The van der Waals surface area contributed by atoms with Gasteiger partial charge in [0.15, 0.2) is 0 Å². The molecule has 21 heavy (non-hydrogen) atoms. The van der Waals surface area contributed by atoms with Crippen LogP contribution in [0.1, 0.15) is 29.7 Å². The van der Waals surface area contributed by atoms with E-state index < -0.39 is 0 Å². The summed E-state index contributed by atoms with van der Waals surface area (Å²) in [5, 5.41) is 3.49. The molecule has 0 aliphatic rings. The zero-order valence-corrected chi connectivity index (χ0v) is 13.0. The molecule has 112 valence electrons. The fourth-order valence-electron chi connectivity index (χ4n) is 2.31. The van der Waals surface area contributed by atoms with Gasteiger partial charge in [-0.05, 0) is 26.0 Å². The van der Waals surface area contributed by atoms with Crippen LogP contribution in [0.3, 0.4) is 0 Å². The van der Waals surface area contributed by atoms with E-state index in [4.69, 9.17) is 9.47 Å². The average molecular weight is 286 g/mol. The maximum Gasteiger partial charge on any atom is 0.217 e. The molecule has 0 fully saturated rings. The molecule has 0 aliphatic carbocycles. The number of aromatic nitrogens is 1. The van der Waals surface area contributed by atoms with Crippen LogP contribution in [0.2, 0.25) is 0 Å². The standard InChI is InChI=1S/C17H22N2O2/c1-12-7-8-16(20-3)15(10-12)13(2)19-11-14-6-5-9-18-17(14)21-4/h5-10,13,19H,11H2,1-4H3. The predicted molar refractivity (Wildman–Crippen MR) is 83.8 cm³/mol. The lowest BCUT2D eigenvalue weighted by Gasteiger charge is -2.18. The molecule has 4 nitrogen and oxygen atoms in total. The van der Waals surface area contributed by atoms with Crippen molar-refractivity contribution in [2.45, 2.75) is 26.4 Å². The summed E-state index contributed by atoms with van der Waals surface area (Å²) in [5.41, 5.74) is 3.41. The Morgan fingerprint density at radius 1 is 1.19 bits per heavy atom.